The van der Waals surface area contributed by atoms with Crippen molar-refractivity contribution in [2.45, 2.75) is 27.3 Å². The molecule has 0 saturated heterocycles. The van der Waals surface area contributed by atoms with Gasteiger partial charge in [-0.15, -0.1) is 0 Å². The van der Waals surface area contributed by atoms with E-state index >= 15 is 0 Å². The van der Waals surface area contributed by atoms with Crippen LogP contribution >= 0.6 is 0 Å². The number of rotatable bonds is 3. The number of aromatic nitrogens is 1. The summed E-state index contributed by atoms with van der Waals surface area (Å²) in [5, 5.41) is 9.27. The van der Waals surface area contributed by atoms with Crippen LogP contribution in [0.2, 0.25) is 0 Å². The molecule has 0 aliphatic rings. The quantitative estimate of drug-likeness (QED) is 0.845. The lowest BCUT2D eigenvalue weighted by molar-refractivity contribution is 0.481. The molecule has 0 aromatic carbocycles. The van der Waals surface area contributed by atoms with E-state index in [4.69, 9.17) is 4.42 Å². The van der Waals surface area contributed by atoms with Gasteiger partial charge in [0.25, 0.3) is 0 Å². The van der Waals surface area contributed by atoms with E-state index in [0.29, 0.717) is 17.9 Å². The molecule has 4 heteroatoms. The molecular weight excluding hydrogens is 238 g/mol. The first-order valence-corrected chi connectivity index (χ1v) is 6.16. The summed E-state index contributed by atoms with van der Waals surface area (Å²) in [6.45, 7) is 6.38. The van der Waals surface area contributed by atoms with E-state index < -0.39 is 0 Å². The second-order valence-electron chi connectivity index (χ2n) is 4.76. The van der Waals surface area contributed by atoms with Crippen LogP contribution in [-0.2, 0) is 6.54 Å². The zero-order valence-electron chi connectivity index (χ0n) is 11.7. The first-order chi connectivity index (χ1) is 9.01. The van der Waals surface area contributed by atoms with Crippen LogP contribution in [0.3, 0.4) is 0 Å². The summed E-state index contributed by atoms with van der Waals surface area (Å²) in [6.07, 6.45) is 0. The molecule has 2 aromatic heterocycles. The molecule has 0 amide bonds. The SMILES string of the molecule is Cc1cc(C)c(C#N)c(N(C)Cc2ccc(C)o2)n1. The third-order valence-corrected chi connectivity index (χ3v) is 2.99. The van der Waals surface area contributed by atoms with Crippen molar-refractivity contribution in [3.63, 3.8) is 0 Å². The number of aryl methyl sites for hydroxylation is 3. The van der Waals surface area contributed by atoms with Gasteiger partial charge in [-0.2, -0.15) is 5.26 Å². The van der Waals surface area contributed by atoms with Crippen LogP contribution in [0.15, 0.2) is 22.6 Å². The van der Waals surface area contributed by atoms with E-state index in [9.17, 15) is 5.26 Å². The largest absolute Gasteiger partial charge is 0.464 e. The molecule has 2 aromatic rings. The van der Waals surface area contributed by atoms with E-state index in [-0.39, 0.29) is 0 Å². The standard InChI is InChI=1S/C15H17N3O/c1-10-7-11(2)17-15(14(10)8-16)18(4)9-13-6-5-12(3)19-13/h5-7H,9H2,1-4H3. The summed E-state index contributed by atoms with van der Waals surface area (Å²) in [7, 11) is 1.92. The van der Waals surface area contributed by atoms with Crippen LogP contribution in [0.1, 0.15) is 28.3 Å². The van der Waals surface area contributed by atoms with Gasteiger partial charge in [-0.25, -0.2) is 4.98 Å². The summed E-state index contributed by atoms with van der Waals surface area (Å²) in [5.41, 5.74) is 2.48. The van der Waals surface area contributed by atoms with Gasteiger partial charge in [0.2, 0.25) is 0 Å². The van der Waals surface area contributed by atoms with E-state index in [1.165, 1.54) is 0 Å². The van der Waals surface area contributed by atoms with Gasteiger partial charge in [0, 0.05) is 12.7 Å². The smallest absolute Gasteiger partial charge is 0.147 e. The fraction of sp³-hybridized carbons (Fsp3) is 0.333. The summed E-state index contributed by atoms with van der Waals surface area (Å²) >= 11 is 0. The highest BCUT2D eigenvalue weighted by molar-refractivity contribution is 5.57. The molecular formula is C15H17N3O. The monoisotopic (exact) mass is 255 g/mol. The molecule has 0 atom stereocenters. The molecule has 19 heavy (non-hydrogen) atoms. The molecule has 0 radical (unpaired) electrons. The number of anilines is 1. The molecule has 2 rings (SSSR count). The van der Waals surface area contributed by atoms with E-state index in [1.807, 2.05) is 50.9 Å². The maximum Gasteiger partial charge on any atom is 0.147 e. The molecule has 4 nitrogen and oxygen atoms in total. The maximum absolute atomic E-state index is 9.27. The second kappa shape index (κ2) is 5.15. The van der Waals surface area contributed by atoms with Crippen LogP contribution in [-0.4, -0.2) is 12.0 Å². The number of nitriles is 1. The second-order valence-corrected chi connectivity index (χ2v) is 4.76. The summed E-state index contributed by atoms with van der Waals surface area (Å²) in [6, 6.07) is 8.03. The van der Waals surface area contributed by atoms with Gasteiger partial charge in [-0.1, -0.05) is 0 Å². The molecule has 0 unspecified atom stereocenters. The van der Waals surface area contributed by atoms with E-state index in [2.05, 4.69) is 11.1 Å². The van der Waals surface area contributed by atoms with Crippen molar-refractivity contribution in [3.8, 4) is 6.07 Å². The van der Waals surface area contributed by atoms with E-state index in [1.54, 1.807) is 0 Å². The van der Waals surface area contributed by atoms with Crippen molar-refractivity contribution in [2.75, 3.05) is 11.9 Å². The normalized spacial score (nSPS) is 10.3. The summed E-state index contributed by atoms with van der Waals surface area (Å²) in [5.74, 6) is 2.45. The average Bonchev–Trinajstić information content (AvgIpc) is 2.73. The van der Waals surface area contributed by atoms with Crippen molar-refractivity contribution in [1.82, 2.24) is 4.98 Å². The van der Waals surface area contributed by atoms with Gasteiger partial charge in [0.15, 0.2) is 0 Å². The number of pyridine rings is 1. The zero-order valence-corrected chi connectivity index (χ0v) is 11.7. The van der Waals surface area contributed by atoms with Gasteiger partial charge >= 0.3 is 0 Å². The van der Waals surface area contributed by atoms with Crippen molar-refractivity contribution >= 4 is 5.82 Å². The van der Waals surface area contributed by atoms with Crippen LogP contribution in [0.25, 0.3) is 0 Å². The Hall–Kier alpha value is -2.28. The van der Waals surface area contributed by atoms with Crippen LogP contribution in [0, 0.1) is 32.1 Å². The Balaban J connectivity index is 2.33. The molecule has 0 spiro atoms. The molecule has 0 N–H and O–H groups in total. The molecule has 0 bridgehead atoms. The maximum atomic E-state index is 9.27. The molecule has 0 aliphatic heterocycles. The fourth-order valence-electron chi connectivity index (χ4n) is 2.11. The Kier molecular flexibility index (Phi) is 3.57. The Bertz CT molecular complexity index is 637. The Morgan fingerprint density at radius 2 is 2.05 bits per heavy atom. The molecule has 2 heterocycles. The predicted octanol–water partition coefficient (Wildman–Crippen LogP) is 3.11. The Labute approximate surface area is 113 Å². The van der Waals surface area contributed by atoms with Crippen LogP contribution < -0.4 is 4.90 Å². The lowest BCUT2D eigenvalue weighted by atomic mass is 10.1. The average molecular weight is 255 g/mol. The third-order valence-electron chi connectivity index (χ3n) is 2.99. The minimum Gasteiger partial charge on any atom is -0.464 e. The topological polar surface area (TPSA) is 53.1 Å². The number of hydrogen-bond donors (Lipinski definition) is 0. The first-order valence-electron chi connectivity index (χ1n) is 6.16. The lowest BCUT2D eigenvalue weighted by Gasteiger charge is -2.19. The Morgan fingerprint density at radius 3 is 2.63 bits per heavy atom. The van der Waals surface area contributed by atoms with Gasteiger partial charge in [-0.05, 0) is 44.5 Å². The van der Waals surface area contributed by atoms with Gasteiger partial charge in [0.1, 0.15) is 23.4 Å². The highest BCUT2D eigenvalue weighted by Gasteiger charge is 2.14. The molecule has 0 fully saturated rings. The van der Waals surface area contributed by atoms with Crippen molar-refractivity contribution < 1.29 is 4.42 Å². The fourth-order valence-corrected chi connectivity index (χ4v) is 2.11. The highest BCUT2D eigenvalue weighted by atomic mass is 16.3. The Morgan fingerprint density at radius 1 is 1.32 bits per heavy atom. The minimum atomic E-state index is 0.596. The van der Waals surface area contributed by atoms with Crippen LogP contribution in [0.4, 0.5) is 5.82 Å². The number of furan rings is 1. The van der Waals surface area contributed by atoms with E-state index in [0.717, 1.165) is 22.8 Å². The van der Waals surface area contributed by atoms with Crippen molar-refractivity contribution in [3.05, 3.63) is 46.5 Å². The minimum absolute atomic E-state index is 0.596. The molecule has 0 aliphatic carbocycles. The highest BCUT2D eigenvalue weighted by Crippen LogP contribution is 2.22. The van der Waals surface area contributed by atoms with Crippen molar-refractivity contribution in [2.24, 2.45) is 0 Å². The lowest BCUT2D eigenvalue weighted by Crippen LogP contribution is -2.19. The van der Waals surface area contributed by atoms with Gasteiger partial charge in [-0.3, -0.25) is 0 Å². The molecule has 0 saturated carbocycles. The molecule has 98 valence electrons. The third kappa shape index (κ3) is 2.76. The zero-order chi connectivity index (χ0) is 14.0. The van der Waals surface area contributed by atoms with Crippen LogP contribution in [0.5, 0.6) is 0 Å². The van der Waals surface area contributed by atoms with Gasteiger partial charge < -0.3 is 9.32 Å². The number of nitrogens with zero attached hydrogens (tertiary/aromatic N) is 3. The van der Waals surface area contributed by atoms with Gasteiger partial charge in [0.05, 0.1) is 12.1 Å². The van der Waals surface area contributed by atoms with Crippen molar-refractivity contribution in [1.29, 1.82) is 5.26 Å². The summed E-state index contributed by atoms with van der Waals surface area (Å²) < 4.78 is 5.56. The summed E-state index contributed by atoms with van der Waals surface area (Å²) in [4.78, 5) is 6.41. The number of hydrogen-bond acceptors (Lipinski definition) is 4. The first kappa shape index (κ1) is 13.2. The predicted molar refractivity (Wildman–Crippen MR) is 74.0 cm³/mol.